The SMILES string of the molecule is OCC(CC(O)c1ccccc1)NCc1cc(Cl)c2c(c1)OCCO2. The van der Waals surface area contributed by atoms with Crippen LogP contribution in [0.25, 0.3) is 0 Å². The Balaban J connectivity index is 1.60. The average molecular weight is 364 g/mol. The van der Waals surface area contributed by atoms with Crippen LogP contribution in [0.2, 0.25) is 5.02 Å². The molecule has 2 aromatic rings. The summed E-state index contributed by atoms with van der Waals surface area (Å²) in [5.74, 6) is 1.22. The number of benzene rings is 2. The summed E-state index contributed by atoms with van der Waals surface area (Å²) < 4.78 is 11.1. The van der Waals surface area contributed by atoms with Gasteiger partial charge >= 0.3 is 0 Å². The summed E-state index contributed by atoms with van der Waals surface area (Å²) in [6.45, 7) is 1.43. The molecule has 2 atom stereocenters. The van der Waals surface area contributed by atoms with Crippen molar-refractivity contribution in [3.63, 3.8) is 0 Å². The van der Waals surface area contributed by atoms with Crippen LogP contribution in [0.3, 0.4) is 0 Å². The lowest BCUT2D eigenvalue weighted by atomic mass is 10.0. The number of fused-ring (bicyclic) bond motifs is 1. The van der Waals surface area contributed by atoms with E-state index in [1.165, 1.54) is 0 Å². The third kappa shape index (κ3) is 4.64. The van der Waals surface area contributed by atoms with Gasteiger partial charge in [-0.3, -0.25) is 0 Å². The molecule has 0 amide bonds. The molecular weight excluding hydrogens is 342 g/mol. The molecule has 2 aromatic carbocycles. The molecule has 2 unspecified atom stereocenters. The van der Waals surface area contributed by atoms with E-state index in [2.05, 4.69) is 5.32 Å². The van der Waals surface area contributed by atoms with Crippen molar-refractivity contribution in [1.82, 2.24) is 5.32 Å². The van der Waals surface area contributed by atoms with Gasteiger partial charge in [-0.05, 0) is 29.7 Å². The molecule has 1 aliphatic heterocycles. The molecule has 25 heavy (non-hydrogen) atoms. The average Bonchev–Trinajstić information content (AvgIpc) is 2.65. The molecule has 0 fully saturated rings. The summed E-state index contributed by atoms with van der Waals surface area (Å²) in [7, 11) is 0. The van der Waals surface area contributed by atoms with Gasteiger partial charge in [-0.15, -0.1) is 0 Å². The van der Waals surface area contributed by atoms with E-state index in [1.807, 2.05) is 42.5 Å². The standard InChI is InChI=1S/C19H22ClNO4/c20-16-8-13(9-18-19(16)25-7-6-24-18)11-21-15(12-22)10-17(23)14-4-2-1-3-5-14/h1-5,8-9,15,17,21-23H,6-7,10-12H2. The first kappa shape index (κ1) is 18.0. The fourth-order valence-corrected chi connectivity index (χ4v) is 3.12. The van der Waals surface area contributed by atoms with E-state index in [9.17, 15) is 10.2 Å². The maximum absolute atomic E-state index is 10.3. The molecule has 0 spiro atoms. The van der Waals surface area contributed by atoms with Crippen LogP contribution in [0.4, 0.5) is 0 Å². The van der Waals surface area contributed by atoms with Crippen LogP contribution in [-0.4, -0.2) is 36.1 Å². The summed E-state index contributed by atoms with van der Waals surface area (Å²) in [6.07, 6.45) is -0.214. The quantitative estimate of drug-likeness (QED) is 0.705. The van der Waals surface area contributed by atoms with E-state index >= 15 is 0 Å². The van der Waals surface area contributed by atoms with Gasteiger partial charge in [0.25, 0.3) is 0 Å². The summed E-state index contributed by atoms with van der Waals surface area (Å²) in [5, 5.41) is 23.7. The third-order valence-electron chi connectivity index (χ3n) is 4.16. The summed E-state index contributed by atoms with van der Waals surface area (Å²) in [4.78, 5) is 0. The number of aliphatic hydroxyl groups is 2. The minimum atomic E-state index is -0.630. The second kappa shape index (κ2) is 8.54. The predicted octanol–water partition coefficient (Wildman–Crippen LogP) is 2.69. The Kier molecular flexibility index (Phi) is 6.15. The molecule has 0 bridgehead atoms. The first-order valence-corrected chi connectivity index (χ1v) is 8.70. The second-order valence-corrected chi connectivity index (χ2v) is 6.43. The lowest BCUT2D eigenvalue weighted by Crippen LogP contribution is -2.33. The van der Waals surface area contributed by atoms with E-state index in [0.29, 0.717) is 42.7 Å². The van der Waals surface area contributed by atoms with Gasteiger partial charge < -0.3 is 25.0 Å². The number of hydrogen-bond acceptors (Lipinski definition) is 5. The molecule has 3 N–H and O–H groups in total. The summed E-state index contributed by atoms with van der Waals surface area (Å²) >= 11 is 6.24. The minimum absolute atomic E-state index is 0.0673. The monoisotopic (exact) mass is 363 g/mol. The van der Waals surface area contributed by atoms with Gasteiger partial charge in [-0.2, -0.15) is 0 Å². The zero-order valence-electron chi connectivity index (χ0n) is 13.8. The highest BCUT2D eigenvalue weighted by molar-refractivity contribution is 6.32. The van der Waals surface area contributed by atoms with Gasteiger partial charge in [-0.1, -0.05) is 41.9 Å². The Bertz CT molecular complexity index is 695. The van der Waals surface area contributed by atoms with Crippen molar-refractivity contribution >= 4 is 11.6 Å². The summed E-state index contributed by atoms with van der Waals surface area (Å²) in [6, 6.07) is 12.9. The molecule has 1 heterocycles. The van der Waals surface area contributed by atoms with Crippen LogP contribution in [0.1, 0.15) is 23.7 Å². The van der Waals surface area contributed by atoms with E-state index in [-0.39, 0.29) is 12.6 Å². The van der Waals surface area contributed by atoms with Gasteiger partial charge in [0.15, 0.2) is 11.5 Å². The van der Waals surface area contributed by atoms with Crippen LogP contribution in [-0.2, 0) is 6.54 Å². The van der Waals surface area contributed by atoms with E-state index < -0.39 is 6.10 Å². The van der Waals surface area contributed by atoms with Gasteiger partial charge in [0.2, 0.25) is 0 Å². The number of aliphatic hydroxyl groups excluding tert-OH is 2. The Morgan fingerprint density at radius 3 is 2.64 bits per heavy atom. The van der Waals surface area contributed by atoms with Gasteiger partial charge in [0.1, 0.15) is 13.2 Å². The molecule has 134 valence electrons. The van der Waals surface area contributed by atoms with Crippen LogP contribution in [0, 0.1) is 0 Å². The normalized spacial score (nSPS) is 15.6. The fraction of sp³-hybridized carbons (Fsp3) is 0.368. The molecule has 6 heteroatoms. The van der Waals surface area contributed by atoms with E-state index in [0.717, 1.165) is 11.1 Å². The van der Waals surface area contributed by atoms with Crippen molar-refractivity contribution in [2.75, 3.05) is 19.8 Å². The Labute approximate surface area is 152 Å². The number of rotatable bonds is 7. The molecule has 3 rings (SSSR count). The van der Waals surface area contributed by atoms with Crippen molar-refractivity contribution in [3.05, 3.63) is 58.6 Å². The first-order valence-electron chi connectivity index (χ1n) is 8.32. The van der Waals surface area contributed by atoms with Crippen molar-refractivity contribution < 1.29 is 19.7 Å². The van der Waals surface area contributed by atoms with Crippen LogP contribution < -0.4 is 14.8 Å². The topological polar surface area (TPSA) is 71.0 Å². The number of hydrogen-bond donors (Lipinski definition) is 3. The zero-order valence-corrected chi connectivity index (χ0v) is 14.6. The Morgan fingerprint density at radius 1 is 1.12 bits per heavy atom. The third-order valence-corrected chi connectivity index (χ3v) is 4.44. The largest absolute Gasteiger partial charge is 0.486 e. The number of ether oxygens (including phenoxy) is 2. The molecule has 0 saturated heterocycles. The lowest BCUT2D eigenvalue weighted by Gasteiger charge is -2.22. The summed E-state index contributed by atoms with van der Waals surface area (Å²) in [5.41, 5.74) is 1.77. The molecule has 0 aromatic heterocycles. The maximum atomic E-state index is 10.3. The van der Waals surface area contributed by atoms with E-state index in [1.54, 1.807) is 0 Å². The molecule has 5 nitrogen and oxygen atoms in total. The fourth-order valence-electron chi connectivity index (χ4n) is 2.83. The van der Waals surface area contributed by atoms with Crippen molar-refractivity contribution in [1.29, 1.82) is 0 Å². The van der Waals surface area contributed by atoms with Crippen LogP contribution in [0.15, 0.2) is 42.5 Å². The van der Waals surface area contributed by atoms with Crippen LogP contribution in [0.5, 0.6) is 11.5 Å². The zero-order chi connectivity index (χ0) is 17.6. The second-order valence-electron chi connectivity index (χ2n) is 6.02. The highest BCUT2D eigenvalue weighted by Crippen LogP contribution is 2.38. The molecule has 0 saturated carbocycles. The van der Waals surface area contributed by atoms with Gasteiger partial charge in [0.05, 0.1) is 17.7 Å². The maximum Gasteiger partial charge on any atom is 0.179 e. The van der Waals surface area contributed by atoms with Gasteiger partial charge in [-0.25, -0.2) is 0 Å². The van der Waals surface area contributed by atoms with Crippen molar-refractivity contribution in [2.45, 2.75) is 25.1 Å². The highest BCUT2D eigenvalue weighted by Gasteiger charge is 2.18. The smallest absolute Gasteiger partial charge is 0.179 e. The Morgan fingerprint density at radius 2 is 1.88 bits per heavy atom. The van der Waals surface area contributed by atoms with Crippen molar-refractivity contribution in [3.8, 4) is 11.5 Å². The molecular formula is C19H22ClNO4. The molecule has 0 aliphatic carbocycles. The number of halogens is 1. The van der Waals surface area contributed by atoms with E-state index in [4.69, 9.17) is 21.1 Å². The minimum Gasteiger partial charge on any atom is -0.486 e. The van der Waals surface area contributed by atoms with Crippen LogP contribution >= 0.6 is 11.6 Å². The Hall–Kier alpha value is -1.79. The number of nitrogens with one attached hydrogen (secondary N) is 1. The molecule has 1 aliphatic rings. The highest BCUT2D eigenvalue weighted by atomic mass is 35.5. The predicted molar refractivity (Wildman–Crippen MR) is 96.2 cm³/mol. The molecule has 0 radical (unpaired) electrons. The van der Waals surface area contributed by atoms with Gasteiger partial charge in [0, 0.05) is 12.6 Å². The lowest BCUT2D eigenvalue weighted by molar-refractivity contribution is 0.129. The first-order chi connectivity index (χ1) is 12.2. The van der Waals surface area contributed by atoms with Crippen molar-refractivity contribution in [2.24, 2.45) is 0 Å².